The second kappa shape index (κ2) is 9.44. The third-order valence-corrected chi connectivity index (χ3v) is 1.49. The van der Waals surface area contributed by atoms with E-state index in [1.165, 1.54) is 0 Å². The van der Waals surface area contributed by atoms with Crippen LogP contribution in [0.4, 0.5) is 5.95 Å². The van der Waals surface area contributed by atoms with Gasteiger partial charge in [0.1, 0.15) is 0 Å². The summed E-state index contributed by atoms with van der Waals surface area (Å²) in [7, 11) is 1.98. The van der Waals surface area contributed by atoms with E-state index in [1.807, 2.05) is 17.8 Å². The van der Waals surface area contributed by atoms with Gasteiger partial charge in [0.25, 0.3) is 0 Å². The number of aryl methyl sites for hydroxylation is 1. The molecule has 3 nitrogen and oxygen atoms in total. The van der Waals surface area contributed by atoms with Crippen LogP contribution in [-0.2, 0) is 7.05 Å². The molecule has 6 heteroatoms. The van der Waals surface area contributed by atoms with Crippen LogP contribution in [0.5, 0.6) is 0 Å². The molecular weight excluding hydrogens is 244 g/mol. The van der Waals surface area contributed by atoms with Crippen molar-refractivity contribution in [2.75, 3.05) is 11.9 Å². The smallest absolute Gasteiger partial charge is 0.202 e. The summed E-state index contributed by atoms with van der Waals surface area (Å²) in [5, 5.41) is 3.24. The summed E-state index contributed by atoms with van der Waals surface area (Å²) in [6, 6.07) is 0. The highest BCUT2D eigenvalue weighted by Crippen LogP contribution is 2.01. The molecule has 1 aromatic heterocycles. The first-order valence-corrected chi connectivity index (χ1v) is 3.91. The van der Waals surface area contributed by atoms with Gasteiger partial charge in [-0.05, 0) is 5.92 Å². The number of hydrogen-bond donors (Lipinski definition) is 1. The van der Waals surface area contributed by atoms with Gasteiger partial charge in [0.2, 0.25) is 5.95 Å². The lowest BCUT2D eigenvalue weighted by Gasteiger charge is -2.07. The van der Waals surface area contributed by atoms with Crippen LogP contribution in [0, 0.1) is 5.92 Å². The predicted octanol–water partition coefficient (Wildman–Crippen LogP) is 2.75. The average Bonchev–Trinajstić information content (AvgIpc) is 2.31. The van der Waals surface area contributed by atoms with Crippen molar-refractivity contribution in [2.45, 2.75) is 13.8 Å². The highest BCUT2D eigenvalue weighted by Gasteiger charge is 1.97. The molecule has 0 aliphatic heterocycles. The van der Waals surface area contributed by atoms with Gasteiger partial charge in [-0.3, -0.25) is 0 Å². The van der Waals surface area contributed by atoms with Crippen LogP contribution in [0.3, 0.4) is 0 Å². The lowest BCUT2D eigenvalue weighted by Crippen LogP contribution is -2.11. The van der Waals surface area contributed by atoms with E-state index in [0.717, 1.165) is 12.5 Å². The Balaban J connectivity index is -0.000000403. The first-order chi connectivity index (χ1) is 5.20. The lowest BCUT2D eigenvalue weighted by molar-refractivity contribution is 0.680. The minimum absolute atomic E-state index is 0. The van der Waals surface area contributed by atoms with Crippen LogP contribution in [0.15, 0.2) is 12.4 Å². The quantitative estimate of drug-likeness (QED) is 0.908. The topological polar surface area (TPSA) is 29.9 Å². The van der Waals surface area contributed by atoms with Crippen LogP contribution in [-0.4, -0.2) is 16.1 Å². The van der Waals surface area contributed by atoms with E-state index in [2.05, 4.69) is 24.1 Å². The monoisotopic (exact) mass is 261 g/mol. The molecule has 0 spiro atoms. The van der Waals surface area contributed by atoms with E-state index in [4.69, 9.17) is 0 Å². The molecule has 0 fully saturated rings. The van der Waals surface area contributed by atoms with Crippen LogP contribution in [0.25, 0.3) is 0 Å². The highest BCUT2D eigenvalue weighted by atomic mass is 35.5. The Bertz CT molecular complexity index is 225. The van der Waals surface area contributed by atoms with Crippen molar-refractivity contribution in [3.63, 3.8) is 0 Å². The first kappa shape index (κ1) is 19.5. The van der Waals surface area contributed by atoms with Crippen molar-refractivity contribution in [3.05, 3.63) is 12.4 Å². The predicted molar refractivity (Wildman–Crippen MR) is 68.3 cm³/mol. The zero-order valence-corrected chi connectivity index (χ0v) is 11.0. The summed E-state index contributed by atoms with van der Waals surface area (Å²) >= 11 is 0. The fourth-order valence-corrected chi connectivity index (χ4v) is 0.831. The Morgan fingerprint density at radius 3 is 2.29 bits per heavy atom. The minimum atomic E-state index is 0. The van der Waals surface area contributed by atoms with E-state index >= 15 is 0 Å². The molecule has 0 saturated heterocycles. The summed E-state index contributed by atoms with van der Waals surface area (Å²) < 4.78 is 1.97. The fourth-order valence-electron chi connectivity index (χ4n) is 0.831. The normalized spacial score (nSPS) is 8.29. The second-order valence-corrected chi connectivity index (χ2v) is 3.14. The molecule has 0 radical (unpaired) electrons. The zero-order valence-electron chi connectivity index (χ0n) is 8.56. The molecular formula is C8H18Cl3N3. The molecule has 1 aromatic rings. The maximum absolute atomic E-state index is 4.14. The van der Waals surface area contributed by atoms with Crippen LogP contribution >= 0.6 is 37.2 Å². The maximum atomic E-state index is 4.14. The maximum Gasteiger partial charge on any atom is 0.202 e. The molecule has 0 amide bonds. The van der Waals surface area contributed by atoms with Crippen molar-refractivity contribution in [1.29, 1.82) is 0 Å². The average molecular weight is 263 g/mol. The Labute approximate surface area is 104 Å². The van der Waals surface area contributed by atoms with Crippen molar-refractivity contribution in [1.82, 2.24) is 9.55 Å². The van der Waals surface area contributed by atoms with Crippen molar-refractivity contribution >= 4 is 43.2 Å². The number of rotatable bonds is 3. The molecule has 0 aliphatic carbocycles. The van der Waals surface area contributed by atoms with E-state index in [-0.39, 0.29) is 37.2 Å². The first-order valence-electron chi connectivity index (χ1n) is 3.91. The van der Waals surface area contributed by atoms with Gasteiger partial charge in [0, 0.05) is 26.0 Å². The molecule has 1 heterocycles. The van der Waals surface area contributed by atoms with Gasteiger partial charge in [0.15, 0.2) is 0 Å². The fraction of sp³-hybridized carbons (Fsp3) is 0.625. The third-order valence-electron chi connectivity index (χ3n) is 1.49. The summed E-state index contributed by atoms with van der Waals surface area (Å²) in [5.74, 6) is 1.60. The Hall–Kier alpha value is -0.120. The number of nitrogens with zero attached hydrogens (tertiary/aromatic N) is 2. The molecule has 0 atom stereocenters. The largest absolute Gasteiger partial charge is 0.355 e. The second-order valence-electron chi connectivity index (χ2n) is 3.14. The van der Waals surface area contributed by atoms with Gasteiger partial charge >= 0.3 is 0 Å². The van der Waals surface area contributed by atoms with Crippen molar-refractivity contribution < 1.29 is 0 Å². The van der Waals surface area contributed by atoms with Gasteiger partial charge in [-0.1, -0.05) is 13.8 Å². The standard InChI is InChI=1S/C8H15N3.3ClH/c1-7(2)6-10-8-9-4-5-11(8)3;;;/h4-5,7H,6H2,1-3H3,(H,9,10);3*1H. The number of halogens is 3. The number of nitrogens with one attached hydrogen (secondary N) is 1. The SMILES string of the molecule is CC(C)CNc1nccn1C.Cl.Cl.Cl. The number of anilines is 1. The molecule has 86 valence electrons. The van der Waals surface area contributed by atoms with Crippen molar-refractivity contribution in [3.8, 4) is 0 Å². The molecule has 14 heavy (non-hydrogen) atoms. The molecule has 0 saturated carbocycles. The van der Waals surface area contributed by atoms with Gasteiger partial charge in [-0.15, -0.1) is 37.2 Å². The van der Waals surface area contributed by atoms with E-state index in [0.29, 0.717) is 5.92 Å². The van der Waals surface area contributed by atoms with Crippen LogP contribution < -0.4 is 5.32 Å². The van der Waals surface area contributed by atoms with E-state index < -0.39 is 0 Å². The summed E-state index contributed by atoms with van der Waals surface area (Å²) in [4.78, 5) is 4.14. The van der Waals surface area contributed by atoms with E-state index in [1.54, 1.807) is 6.20 Å². The number of hydrogen-bond acceptors (Lipinski definition) is 2. The summed E-state index contributed by atoms with van der Waals surface area (Å²) in [6.45, 7) is 5.33. The van der Waals surface area contributed by atoms with Crippen LogP contribution in [0.1, 0.15) is 13.8 Å². The summed E-state index contributed by atoms with van der Waals surface area (Å²) in [5.41, 5.74) is 0. The van der Waals surface area contributed by atoms with Crippen LogP contribution in [0.2, 0.25) is 0 Å². The van der Waals surface area contributed by atoms with Gasteiger partial charge < -0.3 is 9.88 Å². The Kier molecular flexibility index (Phi) is 13.1. The molecule has 0 aromatic carbocycles. The molecule has 1 N–H and O–H groups in total. The zero-order chi connectivity index (χ0) is 8.27. The van der Waals surface area contributed by atoms with Crippen molar-refractivity contribution in [2.24, 2.45) is 13.0 Å². The highest BCUT2D eigenvalue weighted by molar-refractivity contribution is 5.86. The third kappa shape index (κ3) is 6.35. The lowest BCUT2D eigenvalue weighted by atomic mass is 10.2. The van der Waals surface area contributed by atoms with Gasteiger partial charge in [-0.2, -0.15) is 0 Å². The minimum Gasteiger partial charge on any atom is -0.355 e. The molecule has 0 bridgehead atoms. The van der Waals surface area contributed by atoms with Gasteiger partial charge in [0.05, 0.1) is 0 Å². The summed E-state index contributed by atoms with van der Waals surface area (Å²) in [6.07, 6.45) is 3.73. The van der Waals surface area contributed by atoms with Gasteiger partial charge in [-0.25, -0.2) is 4.98 Å². The molecule has 0 aliphatic rings. The number of imidazole rings is 1. The Morgan fingerprint density at radius 2 is 1.93 bits per heavy atom. The van der Waals surface area contributed by atoms with E-state index in [9.17, 15) is 0 Å². The molecule has 0 unspecified atom stereocenters. The molecule has 1 rings (SSSR count). The number of aromatic nitrogens is 2. The Morgan fingerprint density at radius 1 is 1.36 bits per heavy atom.